The molecule has 0 amide bonds. The fraction of sp³-hybridized carbons (Fsp3) is 0.741. The molecular weight excluding hydrogens is 473 g/mol. The zero-order valence-electron chi connectivity index (χ0n) is 21.3. The van der Waals surface area contributed by atoms with Crippen molar-refractivity contribution in [3.05, 3.63) is 29.8 Å². The van der Waals surface area contributed by atoms with Crippen molar-refractivity contribution in [2.45, 2.75) is 69.4 Å². The lowest BCUT2D eigenvalue weighted by molar-refractivity contribution is -0.270. The Balaban J connectivity index is 1.26. The van der Waals surface area contributed by atoms with E-state index in [9.17, 15) is 23.1 Å². The van der Waals surface area contributed by atoms with Crippen LogP contribution in [0.25, 0.3) is 0 Å². The number of esters is 1. The van der Waals surface area contributed by atoms with E-state index in [1.165, 1.54) is 12.1 Å². The van der Waals surface area contributed by atoms with Gasteiger partial charge in [-0.15, -0.1) is 0 Å². The summed E-state index contributed by atoms with van der Waals surface area (Å²) in [5.41, 5.74) is -2.16. The van der Waals surface area contributed by atoms with Crippen molar-refractivity contribution >= 4 is 11.7 Å². The van der Waals surface area contributed by atoms with Crippen molar-refractivity contribution in [2.24, 2.45) is 17.3 Å². The predicted octanol–water partition coefficient (Wildman–Crippen LogP) is 4.11. The van der Waals surface area contributed by atoms with E-state index in [0.29, 0.717) is 51.3 Å². The van der Waals surface area contributed by atoms with Crippen molar-refractivity contribution in [1.29, 1.82) is 0 Å². The van der Waals surface area contributed by atoms with E-state index in [1.807, 2.05) is 11.8 Å². The number of fused-ring (bicyclic) bond motifs is 2. The molecule has 1 aromatic rings. The Labute approximate surface area is 210 Å². The highest BCUT2D eigenvalue weighted by Crippen LogP contribution is 2.61. The molecule has 5 rings (SSSR count). The van der Waals surface area contributed by atoms with Crippen LogP contribution in [0.2, 0.25) is 0 Å². The highest BCUT2D eigenvalue weighted by atomic mass is 19.4. The van der Waals surface area contributed by atoms with Gasteiger partial charge in [0.25, 0.3) is 0 Å². The summed E-state index contributed by atoms with van der Waals surface area (Å²) in [5, 5.41) is 12.1. The number of nitrogens with zero attached hydrogens (tertiary/aromatic N) is 2. The number of anilines is 1. The number of ether oxygens (including phenoxy) is 2. The maximum Gasteiger partial charge on any atom is 0.416 e. The minimum absolute atomic E-state index is 0.0790. The first-order valence-corrected chi connectivity index (χ1v) is 13.0. The van der Waals surface area contributed by atoms with Crippen LogP contribution >= 0.6 is 0 Å². The molecule has 0 bridgehead atoms. The van der Waals surface area contributed by atoms with E-state index in [4.69, 9.17) is 9.47 Å². The monoisotopic (exact) mass is 510 g/mol. The Morgan fingerprint density at radius 3 is 2.53 bits per heavy atom. The number of benzene rings is 1. The average molecular weight is 511 g/mol. The molecule has 2 saturated carbocycles. The fourth-order valence-corrected chi connectivity index (χ4v) is 7.44. The second-order valence-corrected chi connectivity index (χ2v) is 11.7. The van der Waals surface area contributed by atoms with E-state index < -0.39 is 22.9 Å². The number of aliphatic hydroxyl groups is 1. The van der Waals surface area contributed by atoms with Gasteiger partial charge in [-0.2, -0.15) is 13.2 Å². The topological polar surface area (TPSA) is 62.2 Å². The molecule has 0 radical (unpaired) electrons. The van der Waals surface area contributed by atoms with E-state index in [1.54, 1.807) is 13.2 Å². The molecule has 4 aliphatic rings. The normalized spacial score (nSPS) is 39.5. The number of carbonyl (C=O) groups is 1. The Bertz CT molecular complexity index is 997. The highest BCUT2D eigenvalue weighted by Gasteiger charge is 2.67. The van der Waals surface area contributed by atoms with Gasteiger partial charge in [-0.1, -0.05) is 13.0 Å². The van der Waals surface area contributed by atoms with E-state index >= 15 is 0 Å². The summed E-state index contributed by atoms with van der Waals surface area (Å²) in [6.45, 7) is 7.09. The minimum Gasteiger partial charge on any atom is -0.462 e. The molecule has 1 N–H and O–H groups in total. The maximum atomic E-state index is 13.1. The zero-order valence-corrected chi connectivity index (χ0v) is 21.3. The molecule has 0 aromatic heterocycles. The van der Waals surface area contributed by atoms with Crippen LogP contribution in [-0.4, -0.2) is 73.1 Å². The third kappa shape index (κ3) is 4.11. The summed E-state index contributed by atoms with van der Waals surface area (Å²) in [6.07, 6.45) is -0.825. The van der Waals surface area contributed by atoms with Crippen molar-refractivity contribution in [1.82, 2.24) is 4.90 Å². The molecule has 6 atom stereocenters. The van der Waals surface area contributed by atoms with Gasteiger partial charge >= 0.3 is 12.1 Å². The highest BCUT2D eigenvalue weighted by molar-refractivity contribution is 5.75. The van der Waals surface area contributed by atoms with Crippen LogP contribution in [0, 0.1) is 17.3 Å². The van der Waals surface area contributed by atoms with Crippen LogP contribution in [0.1, 0.15) is 51.5 Å². The summed E-state index contributed by atoms with van der Waals surface area (Å²) >= 11 is 0. The summed E-state index contributed by atoms with van der Waals surface area (Å²) in [6, 6.07) is 5.44. The Morgan fingerprint density at radius 2 is 1.86 bits per heavy atom. The van der Waals surface area contributed by atoms with Gasteiger partial charge in [0.15, 0.2) is 0 Å². The lowest BCUT2D eigenvalue weighted by Gasteiger charge is -2.62. The van der Waals surface area contributed by atoms with Gasteiger partial charge in [0.2, 0.25) is 0 Å². The molecule has 0 spiro atoms. The summed E-state index contributed by atoms with van der Waals surface area (Å²) in [4.78, 5) is 17.2. The minimum atomic E-state index is -4.37. The van der Waals surface area contributed by atoms with E-state index in [0.717, 1.165) is 25.3 Å². The van der Waals surface area contributed by atoms with Crippen LogP contribution < -0.4 is 4.90 Å². The van der Waals surface area contributed by atoms with Crippen molar-refractivity contribution in [3.8, 4) is 0 Å². The largest absolute Gasteiger partial charge is 0.462 e. The fourth-order valence-electron chi connectivity index (χ4n) is 7.44. The second-order valence-electron chi connectivity index (χ2n) is 11.7. The van der Waals surface area contributed by atoms with Gasteiger partial charge in [0, 0.05) is 56.9 Å². The van der Waals surface area contributed by atoms with Gasteiger partial charge in [0.05, 0.1) is 22.7 Å². The third-order valence-electron chi connectivity index (χ3n) is 9.82. The van der Waals surface area contributed by atoms with Crippen LogP contribution in [0.5, 0.6) is 0 Å². The molecular formula is C27H37F3N2O4. The van der Waals surface area contributed by atoms with E-state index in [-0.39, 0.29) is 29.3 Å². The van der Waals surface area contributed by atoms with Gasteiger partial charge < -0.3 is 19.5 Å². The molecule has 36 heavy (non-hydrogen) atoms. The smallest absolute Gasteiger partial charge is 0.416 e. The quantitative estimate of drug-likeness (QED) is 0.616. The first-order valence-electron chi connectivity index (χ1n) is 13.0. The lowest BCUT2D eigenvalue weighted by atomic mass is 9.49. The van der Waals surface area contributed by atoms with E-state index in [2.05, 4.69) is 11.8 Å². The average Bonchev–Trinajstić information content (AvgIpc) is 3.11. The first kappa shape index (κ1) is 25.8. The Kier molecular flexibility index (Phi) is 6.36. The molecule has 4 fully saturated rings. The van der Waals surface area contributed by atoms with Gasteiger partial charge in [-0.25, -0.2) is 0 Å². The number of carbonyl (C=O) groups excluding carboxylic acids is 1. The molecule has 6 nitrogen and oxygen atoms in total. The SMILES string of the molecule is CO[C@]1(C)CCC[C@]2(C)C[C@H]3OC(=O)[C@@H](CN4CCN(c5cccc(C(F)(F)F)c5)CC4)[C@H]3C[C@@]21O. The Hall–Kier alpha value is -1.84. The molecule has 0 unspecified atom stereocenters. The summed E-state index contributed by atoms with van der Waals surface area (Å²) < 4.78 is 51.2. The van der Waals surface area contributed by atoms with Gasteiger partial charge in [-0.05, 0) is 57.2 Å². The number of rotatable bonds is 4. The van der Waals surface area contributed by atoms with Crippen LogP contribution in [-0.2, 0) is 20.4 Å². The van der Waals surface area contributed by atoms with Crippen molar-refractivity contribution < 1.29 is 32.5 Å². The molecule has 2 heterocycles. The Morgan fingerprint density at radius 1 is 1.14 bits per heavy atom. The van der Waals surface area contributed by atoms with Gasteiger partial charge in [-0.3, -0.25) is 9.69 Å². The first-order chi connectivity index (χ1) is 16.9. The standard InChI is InChI=1S/C27H37F3N2O4/c1-24-8-5-9-25(2,35-3)26(24,34)15-20-21(23(33)36-22(20)16-24)17-31-10-12-32(13-11-31)19-7-4-6-18(14-19)27(28,29)30/h4,6-7,14,20-22,34H,5,8-13,15-17H2,1-3H3/t20-,21+,22-,24-,25-,26-/m1/s1. The molecule has 2 aliphatic carbocycles. The number of piperazine rings is 1. The predicted molar refractivity (Wildman–Crippen MR) is 129 cm³/mol. The number of hydrogen-bond donors (Lipinski definition) is 1. The lowest BCUT2D eigenvalue weighted by Crippen LogP contribution is -2.69. The van der Waals surface area contributed by atoms with Gasteiger partial charge in [0.1, 0.15) is 6.10 Å². The molecule has 1 aromatic carbocycles. The number of halogens is 3. The molecule has 2 saturated heterocycles. The third-order valence-corrected chi connectivity index (χ3v) is 9.82. The van der Waals surface area contributed by atoms with Crippen LogP contribution in [0.15, 0.2) is 24.3 Å². The van der Waals surface area contributed by atoms with Crippen molar-refractivity contribution in [2.75, 3.05) is 44.7 Å². The molecule has 200 valence electrons. The molecule has 9 heteroatoms. The maximum absolute atomic E-state index is 13.1. The number of hydrogen-bond acceptors (Lipinski definition) is 6. The van der Waals surface area contributed by atoms with Crippen LogP contribution in [0.4, 0.5) is 18.9 Å². The number of methoxy groups -OCH3 is 1. The zero-order chi connectivity index (χ0) is 25.9. The second kappa shape index (κ2) is 8.88. The summed E-state index contributed by atoms with van der Waals surface area (Å²) in [7, 11) is 1.66. The number of alkyl halides is 3. The molecule has 2 aliphatic heterocycles. The van der Waals surface area contributed by atoms with Crippen molar-refractivity contribution in [3.63, 3.8) is 0 Å². The van der Waals surface area contributed by atoms with Crippen LogP contribution in [0.3, 0.4) is 0 Å². The summed E-state index contributed by atoms with van der Waals surface area (Å²) in [5.74, 6) is -0.605.